The molecule has 8 nitrogen and oxygen atoms in total. The van der Waals surface area contributed by atoms with E-state index in [0.29, 0.717) is 5.92 Å². The van der Waals surface area contributed by atoms with Crippen LogP contribution in [-0.2, 0) is 0 Å². The number of hydrogen-bond acceptors (Lipinski definition) is 7. The highest BCUT2D eigenvalue weighted by atomic mass is 15.4. The summed E-state index contributed by atoms with van der Waals surface area (Å²) in [7, 11) is 0. The Kier molecular flexibility index (Phi) is 3.88. The zero-order valence-electron chi connectivity index (χ0n) is 14.7. The van der Waals surface area contributed by atoms with Gasteiger partial charge in [-0.3, -0.25) is 0 Å². The average molecular weight is 350 g/mol. The van der Waals surface area contributed by atoms with Crippen LogP contribution in [0.1, 0.15) is 37.4 Å². The zero-order valence-corrected chi connectivity index (χ0v) is 14.7. The second kappa shape index (κ2) is 6.51. The quantitative estimate of drug-likeness (QED) is 0.714. The molecule has 134 valence electrons. The summed E-state index contributed by atoms with van der Waals surface area (Å²) in [6.07, 6.45) is 7.95. The van der Waals surface area contributed by atoms with Crippen molar-refractivity contribution in [2.24, 2.45) is 0 Å². The fourth-order valence-electron chi connectivity index (χ4n) is 4.00. The lowest BCUT2D eigenvalue weighted by Crippen LogP contribution is -2.34. The van der Waals surface area contributed by atoms with E-state index in [1.165, 1.54) is 12.8 Å². The molecule has 2 fully saturated rings. The second-order valence-corrected chi connectivity index (χ2v) is 7.04. The van der Waals surface area contributed by atoms with Crippen LogP contribution in [0.15, 0.2) is 30.7 Å². The van der Waals surface area contributed by atoms with E-state index in [4.69, 9.17) is 5.10 Å². The fraction of sp³-hybridized carbons (Fsp3) is 0.500. The van der Waals surface area contributed by atoms with Crippen molar-refractivity contribution in [3.63, 3.8) is 0 Å². The standard InChI is InChI=1S/C18H22N8/c1-2-10-24(9-1)17-4-3-16-21-22-18(26(16)23-17)14-6-11-25(12-7-14)15-5-8-19-13-20-15/h3-5,8,13-14H,1-2,6-7,9-12H2. The van der Waals surface area contributed by atoms with Crippen molar-refractivity contribution in [2.45, 2.75) is 31.6 Å². The van der Waals surface area contributed by atoms with Gasteiger partial charge >= 0.3 is 0 Å². The lowest BCUT2D eigenvalue weighted by atomic mass is 9.96. The van der Waals surface area contributed by atoms with Gasteiger partial charge in [0.15, 0.2) is 11.5 Å². The molecule has 0 bridgehead atoms. The molecular weight excluding hydrogens is 328 g/mol. The highest BCUT2D eigenvalue weighted by Crippen LogP contribution is 2.29. The molecule has 0 N–H and O–H groups in total. The monoisotopic (exact) mass is 350 g/mol. The van der Waals surface area contributed by atoms with Gasteiger partial charge in [-0.15, -0.1) is 15.3 Å². The first kappa shape index (κ1) is 15.5. The van der Waals surface area contributed by atoms with Gasteiger partial charge in [0.05, 0.1) is 0 Å². The maximum absolute atomic E-state index is 4.85. The first-order valence-electron chi connectivity index (χ1n) is 9.37. The number of anilines is 2. The molecule has 2 saturated heterocycles. The van der Waals surface area contributed by atoms with Gasteiger partial charge in [0.1, 0.15) is 18.0 Å². The van der Waals surface area contributed by atoms with E-state index in [1.807, 2.05) is 16.6 Å². The van der Waals surface area contributed by atoms with Crippen LogP contribution in [0.2, 0.25) is 0 Å². The third-order valence-corrected chi connectivity index (χ3v) is 5.45. The summed E-state index contributed by atoms with van der Waals surface area (Å²) in [5, 5.41) is 13.7. The van der Waals surface area contributed by atoms with Gasteiger partial charge in [0, 0.05) is 38.3 Å². The van der Waals surface area contributed by atoms with Crippen molar-refractivity contribution in [1.29, 1.82) is 0 Å². The Balaban J connectivity index is 1.37. The largest absolute Gasteiger partial charge is 0.356 e. The summed E-state index contributed by atoms with van der Waals surface area (Å²) in [5.74, 6) is 3.40. The van der Waals surface area contributed by atoms with Gasteiger partial charge in [-0.1, -0.05) is 0 Å². The molecule has 0 amide bonds. The van der Waals surface area contributed by atoms with Crippen LogP contribution in [-0.4, -0.2) is 56.0 Å². The van der Waals surface area contributed by atoms with Crippen LogP contribution in [0.3, 0.4) is 0 Å². The Morgan fingerprint density at radius 3 is 2.42 bits per heavy atom. The van der Waals surface area contributed by atoms with E-state index in [9.17, 15) is 0 Å². The molecule has 0 aliphatic carbocycles. The molecule has 0 aromatic carbocycles. The van der Waals surface area contributed by atoms with Gasteiger partial charge in [0.25, 0.3) is 0 Å². The molecule has 5 heterocycles. The van der Waals surface area contributed by atoms with Crippen molar-refractivity contribution >= 4 is 17.3 Å². The lowest BCUT2D eigenvalue weighted by molar-refractivity contribution is 0.475. The molecule has 5 rings (SSSR count). The number of fused-ring (bicyclic) bond motifs is 1. The highest BCUT2D eigenvalue weighted by Gasteiger charge is 2.26. The summed E-state index contributed by atoms with van der Waals surface area (Å²) in [6, 6.07) is 6.07. The second-order valence-electron chi connectivity index (χ2n) is 7.04. The van der Waals surface area contributed by atoms with Crippen LogP contribution in [0, 0.1) is 0 Å². The molecule has 2 aliphatic rings. The van der Waals surface area contributed by atoms with E-state index in [2.05, 4.69) is 36.0 Å². The predicted octanol–water partition coefficient (Wildman–Crippen LogP) is 1.90. The molecule has 0 atom stereocenters. The lowest BCUT2D eigenvalue weighted by Gasteiger charge is -2.31. The summed E-state index contributed by atoms with van der Waals surface area (Å²) in [6.45, 7) is 4.10. The number of piperidine rings is 1. The summed E-state index contributed by atoms with van der Waals surface area (Å²) in [5.41, 5.74) is 0.834. The van der Waals surface area contributed by atoms with Crippen LogP contribution >= 0.6 is 0 Å². The molecular formula is C18H22N8. The maximum atomic E-state index is 4.85. The summed E-state index contributed by atoms with van der Waals surface area (Å²) in [4.78, 5) is 13.0. The Morgan fingerprint density at radius 2 is 1.65 bits per heavy atom. The van der Waals surface area contributed by atoms with Crippen molar-refractivity contribution < 1.29 is 0 Å². The first-order valence-corrected chi connectivity index (χ1v) is 9.37. The Labute approximate surface area is 151 Å². The molecule has 0 unspecified atom stereocenters. The third kappa shape index (κ3) is 2.75. The van der Waals surface area contributed by atoms with Crippen LogP contribution in [0.5, 0.6) is 0 Å². The van der Waals surface area contributed by atoms with Crippen LogP contribution < -0.4 is 9.80 Å². The minimum absolute atomic E-state index is 0.379. The topological polar surface area (TPSA) is 75.3 Å². The van der Waals surface area contributed by atoms with Gasteiger partial charge in [-0.25, -0.2) is 9.97 Å². The number of hydrogen-bond donors (Lipinski definition) is 0. The van der Waals surface area contributed by atoms with Gasteiger partial charge in [-0.05, 0) is 43.9 Å². The van der Waals surface area contributed by atoms with E-state index >= 15 is 0 Å². The predicted molar refractivity (Wildman–Crippen MR) is 98.4 cm³/mol. The summed E-state index contributed by atoms with van der Waals surface area (Å²) < 4.78 is 1.96. The van der Waals surface area contributed by atoms with Crippen LogP contribution in [0.25, 0.3) is 5.65 Å². The molecule has 0 saturated carbocycles. The minimum atomic E-state index is 0.379. The zero-order chi connectivity index (χ0) is 17.3. The normalized spacial score (nSPS) is 18.8. The van der Waals surface area contributed by atoms with Crippen molar-refractivity contribution in [3.8, 4) is 0 Å². The Hall–Kier alpha value is -2.77. The molecule has 26 heavy (non-hydrogen) atoms. The smallest absolute Gasteiger partial charge is 0.178 e. The van der Waals surface area contributed by atoms with Crippen molar-refractivity contribution in [1.82, 2.24) is 29.8 Å². The van der Waals surface area contributed by atoms with Crippen LogP contribution in [0.4, 0.5) is 11.6 Å². The summed E-state index contributed by atoms with van der Waals surface area (Å²) >= 11 is 0. The van der Waals surface area contributed by atoms with Gasteiger partial charge in [0.2, 0.25) is 0 Å². The van der Waals surface area contributed by atoms with E-state index in [0.717, 1.165) is 62.1 Å². The molecule has 0 spiro atoms. The fourth-order valence-corrected chi connectivity index (χ4v) is 4.00. The molecule has 0 radical (unpaired) electrons. The maximum Gasteiger partial charge on any atom is 0.178 e. The number of nitrogens with zero attached hydrogens (tertiary/aromatic N) is 8. The molecule has 3 aromatic rings. The first-order chi connectivity index (χ1) is 12.9. The van der Waals surface area contributed by atoms with E-state index in [1.54, 1.807) is 12.5 Å². The number of rotatable bonds is 3. The Morgan fingerprint density at radius 1 is 0.846 bits per heavy atom. The molecule has 2 aliphatic heterocycles. The SMILES string of the molecule is c1cc(N2CCC(c3nnc4ccc(N5CCCC5)nn34)CC2)ncn1. The van der Waals surface area contributed by atoms with Gasteiger partial charge in [-0.2, -0.15) is 4.52 Å². The molecule has 8 heteroatoms. The van der Waals surface area contributed by atoms with E-state index in [-0.39, 0.29) is 0 Å². The third-order valence-electron chi connectivity index (χ3n) is 5.45. The van der Waals surface area contributed by atoms with Gasteiger partial charge < -0.3 is 9.80 Å². The highest BCUT2D eigenvalue weighted by molar-refractivity contribution is 5.46. The average Bonchev–Trinajstić information content (AvgIpc) is 3.38. The minimum Gasteiger partial charge on any atom is -0.356 e. The van der Waals surface area contributed by atoms with E-state index < -0.39 is 0 Å². The molecule has 3 aromatic heterocycles. The van der Waals surface area contributed by atoms with Crippen molar-refractivity contribution in [3.05, 3.63) is 36.5 Å². The van der Waals surface area contributed by atoms with Crippen molar-refractivity contribution in [2.75, 3.05) is 36.0 Å². The number of aromatic nitrogens is 6. The Bertz CT molecular complexity index is 879.